The minimum Gasteiger partial charge on any atom is -0.396 e. The molecule has 5 amide bonds. The number of hydrogen-bond acceptors (Lipinski definition) is 22. The first-order valence-electron chi connectivity index (χ1n) is 45.3. The van der Waals surface area contributed by atoms with E-state index in [9.17, 15) is 23.6 Å². The second-order valence-electron chi connectivity index (χ2n) is 35.3. The molecule has 0 aliphatic heterocycles. The minimum atomic E-state index is -0.679. The molecule has 1 aromatic carbocycles. The smallest absolute Gasteiger partial charge is 0.319 e. The molecule has 0 unspecified atom stereocenters. The summed E-state index contributed by atoms with van der Waals surface area (Å²) in [4.78, 5) is 93.8. The molecule has 1 saturated carbocycles. The first-order valence-corrected chi connectivity index (χ1v) is 45.3. The highest BCUT2D eigenvalue weighted by atomic mass is 19.1. The number of carbonyl (C=O) groups is 4. The summed E-state index contributed by atoms with van der Waals surface area (Å²) >= 11 is 0. The maximum absolute atomic E-state index is 13.1. The van der Waals surface area contributed by atoms with Crippen molar-refractivity contribution in [1.82, 2.24) is 115 Å². The quantitative estimate of drug-likeness (QED) is 0.0395. The summed E-state index contributed by atoms with van der Waals surface area (Å²) in [5.41, 5.74) is 43.5. The van der Waals surface area contributed by atoms with Gasteiger partial charge in [0.15, 0.2) is 39.5 Å². The molecule has 1 aliphatic rings. The zero-order chi connectivity index (χ0) is 97.9. The third-order valence-corrected chi connectivity index (χ3v) is 21.8. The number of para-hydroxylation sites is 1. The average Bonchev–Trinajstić information content (AvgIpc) is 1.52. The topological polar surface area (TPSA) is 454 Å². The molecule has 1 aliphatic carbocycles. The highest BCUT2D eigenvalue weighted by Crippen LogP contribution is 2.31. The summed E-state index contributed by atoms with van der Waals surface area (Å²) in [7, 11) is 0. The lowest BCUT2D eigenvalue weighted by Crippen LogP contribution is -2.22. The van der Waals surface area contributed by atoms with Gasteiger partial charge < -0.3 is 56.5 Å². The Bertz CT molecular complexity index is 6940. The fourth-order valence-corrected chi connectivity index (χ4v) is 14.7. The van der Waals surface area contributed by atoms with E-state index in [-0.39, 0.29) is 30.1 Å². The number of nitrogens with zero attached hydrogens (tertiary/aromatic N) is 24. The summed E-state index contributed by atoms with van der Waals surface area (Å²) < 4.78 is 29.9. The zero-order valence-corrected chi connectivity index (χ0v) is 80.2. The number of pyridine rings is 4. The third-order valence-electron chi connectivity index (χ3n) is 21.8. The van der Waals surface area contributed by atoms with E-state index in [1.54, 1.807) is 79.5 Å². The normalized spacial score (nSPS) is 11.7. The zero-order valence-electron chi connectivity index (χ0n) is 80.2. The van der Waals surface area contributed by atoms with Gasteiger partial charge in [0.2, 0.25) is 17.8 Å². The highest BCUT2D eigenvalue weighted by Gasteiger charge is 2.24. The molecule has 19 aromatic rings. The van der Waals surface area contributed by atoms with E-state index in [0.29, 0.717) is 87.5 Å². The molecule has 18 heterocycles. The molecule has 18 aromatic heterocycles. The van der Waals surface area contributed by atoms with E-state index in [1.807, 2.05) is 138 Å². The number of nitrogen functional groups attached to an aromatic ring is 1. The van der Waals surface area contributed by atoms with Crippen LogP contribution in [0.3, 0.4) is 0 Å². The number of amides is 5. The fraction of sp³-hybridized carbons (Fsp3) is 0.323. The molecule has 20 rings (SSSR count). The van der Waals surface area contributed by atoms with Gasteiger partial charge in [-0.2, -0.15) is 28.7 Å². The predicted octanol–water partition coefficient (Wildman–Crippen LogP) is 18.1. The van der Waals surface area contributed by atoms with Crippen molar-refractivity contribution in [3.8, 4) is 0 Å². The van der Waals surface area contributed by atoms with Crippen LogP contribution in [0.5, 0.6) is 0 Å². The van der Waals surface area contributed by atoms with Gasteiger partial charge in [-0.25, -0.2) is 64.1 Å². The Morgan fingerprint density at radius 2 is 0.904 bits per heavy atom. The van der Waals surface area contributed by atoms with Crippen molar-refractivity contribution in [2.24, 2.45) is 17.2 Å². The SMILES string of the molecule is CC(=O)Nc1ccnc2c(C(C)C)cnn12.CC(C)c1cnc2c(CC(N)=O)cccn12.CC(C)c1cnc2c(F)nccn12.CC(C)c1cnc2c(N)ccnn12.CC(C)c1cnc2c(NC3CC3)cccn12.CC(C)c1cnc2c(Nc3ccccc3)cccn12.CC(C)c1cnc2ccccn12.CC(C)c1cnc2cncc(C(N)=O)n12.CC(C)c1cnn2c(NC(N)=O)ncnc12. The molecule has 708 valence electrons. The molecule has 0 atom stereocenters. The van der Waals surface area contributed by atoms with Crippen molar-refractivity contribution in [1.29, 1.82) is 0 Å². The number of benzene rings is 1. The minimum absolute atomic E-state index is 0.117. The molecule has 37 heteroatoms. The van der Waals surface area contributed by atoms with Crippen LogP contribution in [-0.2, 0) is 16.0 Å². The first kappa shape index (κ1) is 99.0. The van der Waals surface area contributed by atoms with Crippen molar-refractivity contribution in [2.45, 2.75) is 210 Å². The van der Waals surface area contributed by atoms with Crippen LogP contribution in [-0.4, -0.2) is 145 Å². The standard InChI is InChI=1S/C16H17N3.C13H17N3.C12H15N3O.C11H14N4O.C10H12N4O.C10H12N2.C9H10FN3.C9H12N6O.C9H12N4/c1-12(2)15-11-17-16-14(9-6-10-19(15)16)18-13-7-4-3-5-8-13;1-9(2)12-8-14-13-11(15-10-5-6-10)4-3-7-16(12)13;1-8(2)10-7-14-12-9(6-11(13)16)4-3-5-15(10)12;1-7(2)9-6-13-15-10(14-8(3)16)4-5-12-11(9)15;1-6(2)7-4-13-9-5-12-3-8(10(11)15)14(7)9;1-8(2)9-7-11-10-5-3-4-6-12(9)10;1-6(2)7-5-12-9-8(10)11-3-4-13(7)9;1-5(2)6-3-13-15-7(6)11-4-12-9(15)14-8(10)16;1-6(2)8-5-11-9-7(10)3-4-12-13(8)9/h3-12,18H,1-2H3;3-4,7-10,15H,5-6H2,1-2H3;3-5,7-8H,6H2,1-2H3,(H2,13,16);4-7H,1-3H3,(H,14,16);3-6H,1-2H3,(H2,11,15);3-8H,1-2H3;3-6H,1-2H3;3-5H,1-2H3,(H3,10,11,12,14,16);3-6H,10H2,1-2H3. The second-order valence-corrected chi connectivity index (χ2v) is 35.3. The van der Waals surface area contributed by atoms with Crippen molar-refractivity contribution in [3.05, 3.63) is 289 Å². The molecule has 1 fully saturated rings. The average molecular weight is 1840 g/mol. The van der Waals surface area contributed by atoms with Crippen LogP contribution in [0, 0.1) is 5.95 Å². The Labute approximate surface area is 787 Å². The van der Waals surface area contributed by atoms with Gasteiger partial charge in [0.05, 0.1) is 66.4 Å². The number of carbonyl (C=O) groups excluding carboxylic acids is 4. The fourth-order valence-electron chi connectivity index (χ4n) is 14.7. The van der Waals surface area contributed by atoms with Crippen LogP contribution in [0.15, 0.2) is 221 Å². The van der Waals surface area contributed by atoms with Gasteiger partial charge in [-0.15, -0.1) is 0 Å². The number of primary amides is 3. The van der Waals surface area contributed by atoms with E-state index < -0.39 is 17.9 Å². The Morgan fingerprint density at radius 1 is 0.404 bits per heavy atom. The van der Waals surface area contributed by atoms with Crippen LogP contribution < -0.4 is 44.2 Å². The van der Waals surface area contributed by atoms with Gasteiger partial charge >= 0.3 is 6.03 Å². The van der Waals surface area contributed by atoms with Gasteiger partial charge in [0.25, 0.3) is 11.9 Å². The van der Waals surface area contributed by atoms with E-state index >= 15 is 0 Å². The molecule has 0 spiro atoms. The van der Waals surface area contributed by atoms with Crippen LogP contribution in [0.25, 0.3) is 50.8 Å². The lowest BCUT2D eigenvalue weighted by atomic mass is 10.1. The summed E-state index contributed by atoms with van der Waals surface area (Å²) in [6, 6.07) is 31.8. The molecule has 12 N–H and O–H groups in total. The predicted molar refractivity (Wildman–Crippen MR) is 530 cm³/mol. The van der Waals surface area contributed by atoms with Crippen molar-refractivity contribution in [3.63, 3.8) is 0 Å². The number of anilines is 6. The van der Waals surface area contributed by atoms with Crippen molar-refractivity contribution >= 4 is 109 Å². The lowest BCUT2D eigenvalue weighted by Gasteiger charge is -2.09. The molecular weight excluding hydrogens is 1720 g/mol. The Kier molecular flexibility index (Phi) is 32.7. The van der Waals surface area contributed by atoms with Gasteiger partial charge in [-0.3, -0.25) is 33.5 Å². The van der Waals surface area contributed by atoms with Crippen LogP contribution in [0.4, 0.5) is 43.7 Å². The van der Waals surface area contributed by atoms with Gasteiger partial charge in [0, 0.05) is 150 Å². The Balaban J connectivity index is 0.000000138. The van der Waals surface area contributed by atoms with E-state index in [2.05, 4.69) is 242 Å². The molecule has 0 bridgehead atoms. The largest absolute Gasteiger partial charge is 0.396 e. The second kappa shape index (κ2) is 45.0. The maximum atomic E-state index is 13.1. The summed E-state index contributed by atoms with van der Waals surface area (Å²) in [5, 5.41) is 24.6. The highest BCUT2D eigenvalue weighted by molar-refractivity contribution is 5.91. The Hall–Kier alpha value is -16.0. The molecular formula is C99H121FN32O4. The van der Waals surface area contributed by atoms with Crippen LogP contribution in [0.2, 0.25) is 0 Å². The van der Waals surface area contributed by atoms with E-state index in [1.165, 1.54) is 60.1 Å². The first-order chi connectivity index (χ1) is 65.1. The molecule has 0 saturated heterocycles. The van der Waals surface area contributed by atoms with Gasteiger partial charge in [-0.1, -0.05) is 155 Å². The van der Waals surface area contributed by atoms with Gasteiger partial charge in [0.1, 0.15) is 29.1 Å². The summed E-state index contributed by atoms with van der Waals surface area (Å²) in [6.45, 7) is 39.4. The number of aromatic nitrogens is 24. The number of imidazole rings is 7. The number of fused-ring (bicyclic) bond motifs is 9. The van der Waals surface area contributed by atoms with E-state index in [4.69, 9.17) is 22.9 Å². The summed E-state index contributed by atoms with van der Waals surface area (Å²) in [6.07, 6.45) is 38.4. The number of urea groups is 1. The lowest BCUT2D eigenvalue weighted by molar-refractivity contribution is -0.117. The maximum Gasteiger partial charge on any atom is 0.319 e. The van der Waals surface area contributed by atoms with Crippen LogP contribution in [0.1, 0.15) is 265 Å². The monoisotopic (exact) mass is 1840 g/mol. The molecule has 0 radical (unpaired) electrons. The number of nitrogens with two attached hydrogens (primary N) is 4. The van der Waals surface area contributed by atoms with Crippen molar-refractivity contribution < 1.29 is 23.6 Å². The van der Waals surface area contributed by atoms with Crippen molar-refractivity contribution in [2.75, 3.05) is 27.0 Å². The summed E-state index contributed by atoms with van der Waals surface area (Å²) in [5.74, 6) is 3.02. The van der Waals surface area contributed by atoms with Gasteiger partial charge in [-0.05, 0) is 133 Å². The number of hydrogen-bond donors (Lipinski definition) is 8. The molecule has 136 heavy (non-hydrogen) atoms. The third kappa shape index (κ3) is 24.1. The van der Waals surface area contributed by atoms with Crippen LogP contribution >= 0.6 is 0 Å². The number of halogens is 1. The Morgan fingerprint density at radius 3 is 1.48 bits per heavy atom. The molecule has 36 nitrogen and oxygen atoms in total. The number of nitrogens with one attached hydrogen (secondary N) is 4. The van der Waals surface area contributed by atoms with E-state index in [0.717, 1.165) is 90.4 Å². The number of rotatable bonds is 18.